The highest BCUT2D eigenvalue weighted by Gasteiger charge is 1.86. The summed E-state index contributed by atoms with van der Waals surface area (Å²) in [5, 5.41) is 8.92. The Morgan fingerprint density at radius 2 is 1.50 bits per heavy atom. The first-order valence-corrected chi connectivity index (χ1v) is 5.69. The molecule has 1 aromatic carbocycles. The Labute approximate surface area is 99.1 Å². The van der Waals surface area contributed by atoms with E-state index in [0.717, 1.165) is 5.56 Å². The Morgan fingerprint density at radius 3 is 1.81 bits per heavy atom. The lowest BCUT2D eigenvalue weighted by molar-refractivity contribution is 0.471. The zero-order valence-electron chi connectivity index (χ0n) is 10.5. The van der Waals surface area contributed by atoms with Gasteiger partial charge in [-0.25, -0.2) is 0 Å². The van der Waals surface area contributed by atoms with E-state index >= 15 is 0 Å². The molecule has 1 rings (SSSR count). The monoisotopic (exact) mass is 218 g/mol. The third kappa shape index (κ3) is 7.86. The van der Waals surface area contributed by atoms with Crippen molar-refractivity contribution in [3.05, 3.63) is 54.1 Å². The molecule has 88 valence electrons. The van der Waals surface area contributed by atoms with Crippen LogP contribution in [0.5, 0.6) is 5.75 Å². The molecule has 0 amide bonds. The lowest BCUT2D eigenvalue weighted by Crippen LogP contribution is -1.68. The molecular formula is C15H22O. The first-order valence-electron chi connectivity index (χ1n) is 5.69. The average Bonchev–Trinajstić information content (AvgIpc) is 2.30. The molecule has 1 aromatic rings. The molecule has 0 aliphatic heterocycles. The van der Waals surface area contributed by atoms with Gasteiger partial charge in [-0.2, -0.15) is 0 Å². The standard InChI is InChI=1S/C8H14.C7H8O/c1-3-5-7-8-6-4-2;1-6-4-2-3-5-7(6)8/h3-6H,7-8H2,1-2H3;2-5,8H,1H3/b5-3-,6-4-;. The van der Waals surface area contributed by atoms with Crippen molar-refractivity contribution >= 4 is 0 Å². The number of aryl methyl sites for hydroxylation is 1. The van der Waals surface area contributed by atoms with Gasteiger partial charge in [-0.1, -0.05) is 42.5 Å². The number of unbranched alkanes of at least 4 members (excludes halogenated alkanes) is 1. The number of allylic oxidation sites excluding steroid dienone is 4. The van der Waals surface area contributed by atoms with Crippen LogP contribution in [0.1, 0.15) is 32.3 Å². The summed E-state index contributed by atoms with van der Waals surface area (Å²) in [5.74, 6) is 0.368. The van der Waals surface area contributed by atoms with Gasteiger partial charge in [0, 0.05) is 0 Å². The van der Waals surface area contributed by atoms with Crippen LogP contribution in [0.15, 0.2) is 48.6 Å². The van der Waals surface area contributed by atoms with Crippen molar-refractivity contribution < 1.29 is 5.11 Å². The number of benzene rings is 1. The van der Waals surface area contributed by atoms with E-state index < -0.39 is 0 Å². The third-order valence-corrected chi connectivity index (χ3v) is 2.09. The van der Waals surface area contributed by atoms with Crippen LogP contribution in [0.4, 0.5) is 0 Å². The summed E-state index contributed by atoms with van der Waals surface area (Å²) >= 11 is 0. The van der Waals surface area contributed by atoms with Gasteiger partial charge in [0.1, 0.15) is 5.75 Å². The maximum absolute atomic E-state index is 8.92. The Morgan fingerprint density at radius 1 is 1.00 bits per heavy atom. The minimum atomic E-state index is 0.368. The van der Waals surface area contributed by atoms with Gasteiger partial charge >= 0.3 is 0 Å². The van der Waals surface area contributed by atoms with Crippen molar-refractivity contribution in [3.8, 4) is 5.75 Å². The molecule has 0 aliphatic carbocycles. The lowest BCUT2D eigenvalue weighted by atomic mass is 10.2. The number of hydrogen-bond acceptors (Lipinski definition) is 1. The van der Waals surface area contributed by atoms with Gasteiger partial charge in [0.2, 0.25) is 0 Å². The zero-order chi connectivity index (χ0) is 12.2. The van der Waals surface area contributed by atoms with Gasteiger partial charge in [-0.15, -0.1) is 0 Å². The minimum absolute atomic E-state index is 0.368. The van der Waals surface area contributed by atoms with Gasteiger partial charge in [0.15, 0.2) is 0 Å². The smallest absolute Gasteiger partial charge is 0.118 e. The predicted octanol–water partition coefficient (Wildman–Crippen LogP) is 4.62. The molecule has 0 aliphatic rings. The van der Waals surface area contributed by atoms with E-state index in [1.165, 1.54) is 12.8 Å². The molecule has 0 aromatic heterocycles. The van der Waals surface area contributed by atoms with Crippen LogP contribution in [-0.4, -0.2) is 5.11 Å². The molecule has 0 radical (unpaired) electrons. The van der Waals surface area contributed by atoms with E-state index in [1.54, 1.807) is 6.07 Å². The van der Waals surface area contributed by atoms with Gasteiger partial charge in [0.25, 0.3) is 0 Å². The third-order valence-electron chi connectivity index (χ3n) is 2.09. The number of phenols is 1. The van der Waals surface area contributed by atoms with E-state index in [-0.39, 0.29) is 0 Å². The number of para-hydroxylation sites is 1. The number of phenolic OH excluding ortho intramolecular Hbond substituents is 1. The van der Waals surface area contributed by atoms with Crippen molar-refractivity contribution in [1.29, 1.82) is 0 Å². The maximum atomic E-state index is 8.92. The molecule has 0 bridgehead atoms. The topological polar surface area (TPSA) is 20.2 Å². The fraction of sp³-hybridized carbons (Fsp3) is 0.333. The molecule has 0 unspecified atom stereocenters. The van der Waals surface area contributed by atoms with Crippen LogP contribution in [0.3, 0.4) is 0 Å². The highest BCUT2D eigenvalue weighted by molar-refractivity contribution is 5.29. The summed E-state index contributed by atoms with van der Waals surface area (Å²) in [5.41, 5.74) is 0.924. The zero-order valence-corrected chi connectivity index (χ0v) is 10.5. The molecule has 1 nitrogen and oxygen atoms in total. The quantitative estimate of drug-likeness (QED) is 0.579. The first kappa shape index (κ1) is 14.5. The van der Waals surface area contributed by atoms with Gasteiger partial charge < -0.3 is 5.11 Å². The molecule has 1 heteroatoms. The summed E-state index contributed by atoms with van der Waals surface area (Å²) in [6.07, 6.45) is 10.9. The van der Waals surface area contributed by atoms with E-state index in [4.69, 9.17) is 5.11 Å². The molecule has 0 atom stereocenters. The second-order valence-electron chi connectivity index (χ2n) is 3.50. The number of hydrogen-bond donors (Lipinski definition) is 1. The van der Waals surface area contributed by atoms with Crippen LogP contribution in [0, 0.1) is 6.92 Å². The summed E-state index contributed by atoms with van der Waals surface area (Å²) in [6.45, 7) is 5.97. The molecule has 16 heavy (non-hydrogen) atoms. The minimum Gasteiger partial charge on any atom is -0.508 e. The van der Waals surface area contributed by atoms with Crippen molar-refractivity contribution in [2.45, 2.75) is 33.6 Å². The molecule has 0 saturated heterocycles. The highest BCUT2D eigenvalue weighted by Crippen LogP contribution is 2.12. The van der Waals surface area contributed by atoms with Crippen molar-refractivity contribution in [2.24, 2.45) is 0 Å². The second-order valence-corrected chi connectivity index (χ2v) is 3.50. The van der Waals surface area contributed by atoms with Crippen molar-refractivity contribution in [1.82, 2.24) is 0 Å². The molecule has 0 saturated carbocycles. The SMILES string of the molecule is C/C=C\CC/C=C\C.Cc1ccccc1O. The van der Waals surface area contributed by atoms with Crippen LogP contribution < -0.4 is 0 Å². The maximum Gasteiger partial charge on any atom is 0.118 e. The Kier molecular flexibility index (Phi) is 9.09. The second kappa shape index (κ2) is 10.0. The largest absolute Gasteiger partial charge is 0.508 e. The van der Waals surface area contributed by atoms with E-state index in [9.17, 15) is 0 Å². The van der Waals surface area contributed by atoms with E-state index in [0.29, 0.717) is 5.75 Å². The van der Waals surface area contributed by atoms with Crippen molar-refractivity contribution in [3.63, 3.8) is 0 Å². The van der Waals surface area contributed by atoms with Crippen LogP contribution in [0.25, 0.3) is 0 Å². The molecule has 0 heterocycles. The fourth-order valence-corrected chi connectivity index (χ4v) is 1.09. The predicted molar refractivity (Wildman–Crippen MR) is 71.7 cm³/mol. The van der Waals surface area contributed by atoms with Crippen LogP contribution in [-0.2, 0) is 0 Å². The van der Waals surface area contributed by atoms with Crippen molar-refractivity contribution in [2.75, 3.05) is 0 Å². The van der Waals surface area contributed by atoms with Crippen LogP contribution >= 0.6 is 0 Å². The molecular weight excluding hydrogens is 196 g/mol. The lowest BCUT2D eigenvalue weighted by Gasteiger charge is -1.92. The van der Waals surface area contributed by atoms with E-state index in [2.05, 4.69) is 38.2 Å². The highest BCUT2D eigenvalue weighted by atomic mass is 16.3. The van der Waals surface area contributed by atoms with Gasteiger partial charge in [-0.3, -0.25) is 0 Å². The van der Waals surface area contributed by atoms with Gasteiger partial charge in [-0.05, 0) is 45.2 Å². The number of rotatable bonds is 3. The molecule has 0 fully saturated rings. The normalized spacial score (nSPS) is 10.4. The van der Waals surface area contributed by atoms with Crippen LogP contribution in [0.2, 0.25) is 0 Å². The summed E-state index contributed by atoms with van der Waals surface area (Å²) in [7, 11) is 0. The first-order chi connectivity index (χ1) is 7.72. The average molecular weight is 218 g/mol. The number of aromatic hydroxyl groups is 1. The Balaban J connectivity index is 0.000000281. The van der Waals surface area contributed by atoms with Gasteiger partial charge in [0.05, 0.1) is 0 Å². The summed E-state index contributed by atoms with van der Waals surface area (Å²) in [4.78, 5) is 0. The summed E-state index contributed by atoms with van der Waals surface area (Å²) < 4.78 is 0. The Bertz CT molecular complexity index is 291. The summed E-state index contributed by atoms with van der Waals surface area (Å²) in [6, 6.07) is 7.25. The molecule has 1 N–H and O–H groups in total. The Hall–Kier alpha value is -1.50. The fourth-order valence-electron chi connectivity index (χ4n) is 1.09. The molecule has 0 spiro atoms. The van der Waals surface area contributed by atoms with E-state index in [1.807, 2.05) is 25.1 Å².